The van der Waals surface area contributed by atoms with Crippen molar-refractivity contribution in [1.29, 1.82) is 0 Å². The molecule has 0 aliphatic heterocycles. The maximum Gasteiger partial charge on any atom is 0.0408 e. The van der Waals surface area contributed by atoms with E-state index in [-0.39, 0.29) is 0 Å². The molecule has 1 unspecified atom stereocenters. The highest BCUT2D eigenvalue weighted by molar-refractivity contribution is 6.30. The zero-order chi connectivity index (χ0) is 12.8. The molecule has 0 amide bonds. The SMILES string of the molecule is CNCCC(c1ccccc1)c1cccc(Cl)c1. The summed E-state index contributed by atoms with van der Waals surface area (Å²) in [6.07, 6.45) is 1.07. The van der Waals surface area contributed by atoms with Crippen LogP contribution in [-0.2, 0) is 0 Å². The van der Waals surface area contributed by atoms with Crippen LogP contribution in [0.2, 0.25) is 5.02 Å². The average Bonchev–Trinajstić information content (AvgIpc) is 2.40. The third-order valence-electron chi connectivity index (χ3n) is 3.14. The molecule has 0 aliphatic carbocycles. The Morgan fingerprint density at radius 1 is 1.00 bits per heavy atom. The molecule has 18 heavy (non-hydrogen) atoms. The molecule has 94 valence electrons. The third kappa shape index (κ3) is 3.34. The van der Waals surface area contributed by atoms with E-state index in [9.17, 15) is 0 Å². The van der Waals surface area contributed by atoms with Gasteiger partial charge in [-0.15, -0.1) is 0 Å². The Hall–Kier alpha value is -1.31. The fourth-order valence-electron chi connectivity index (χ4n) is 2.22. The molecule has 0 aliphatic rings. The smallest absolute Gasteiger partial charge is 0.0408 e. The molecular formula is C16H18ClN. The van der Waals surface area contributed by atoms with Gasteiger partial charge >= 0.3 is 0 Å². The van der Waals surface area contributed by atoms with Gasteiger partial charge in [0.25, 0.3) is 0 Å². The van der Waals surface area contributed by atoms with Crippen LogP contribution >= 0.6 is 11.6 Å². The Kier molecular flexibility index (Phi) is 4.80. The fourth-order valence-corrected chi connectivity index (χ4v) is 2.42. The zero-order valence-electron chi connectivity index (χ0n) is 10.6. The van der Waals surface area contributed by atoms with Crippen LogP contribution in [0.15, 0.2) is 54.6 Å². The Bertz CT molecular complexity index is 481. The van der Waals surface area contributed by atoms with Gasteiger partial charge in [-0.2, -0.15) is 0 Å². The van der Waals surface area contributed by atoms with Crippen LogP contribution in [0.4, 0.5) is 0 Å². The number of hydrogen-bond donors (Lipinski definition) is 1. The van der Waals surface area contributed by atoms with Gasteiger partial charge in [-0.05, 0) is 43.3 Å². The summed E-state index contributed by atoms with van der Waals surface area (Å²) >= 11 is 6.09. The lowest BCUT2D eigenvalue weighted by Crippen LogP contribution is -2.13. The molecular weight excluding hydrogens is 242 g/mol. The zero-order valence-corrected chi connectivity index (χ0v) is 11.3. The molecule has 1 atom stereocenters. The number of hydrogen-bond acceptors (Lipinski definition) is 1. The molecule has 1 N–H and O–H groups in total. The third-order valence-corrected chi connectivity index (χ3v) is 3.37. The molecule has 0 spiro atoms. The fraction of sp³-hybridized carbons (Fsp3) is 0.250. The number of benzene rings is 2. The van der Waals surface area contributed by atoms with E-state index < -0.39 is 0 Å². The van der Waals surface area contributed by atoms with Crippen molar-refractivity contribution in [3.05, 3.63) is 70.7 Å². The number of halogens is 1. The van der Waals surface area contributed by atoms with Crippen molar-refractivity contribution in [2.45, 2.75) is 12.3 Å². The van der Waals surface area contributed by atoms with Crippen LogP contribution in [-0.4, -0.2) is 13.6 Å². The summed E-state index contributed by atoms with van der Waals surface area (Å²) in [7, 11) is 1.99. The Balaban J connectivity index is 2.31. The van der Waals surface area contributed by atoms with Gasteiger partial charge in [0.2, 0.25) is 0 Å². The van der Waals surface area contributed by atoms with Crippen molar-refractivity contribution in [3.63, 3.8) is 0 Å². The molecule has 0 saturated carbocycles. The predicted octanol–water partition coefficient (Wildman–Crippen LogP) is 4.08. The maximum atomic E-state index is 6.09. The van der Waals surface area contributed by atoms with Crippen LogP contribution in [0.25, 0.3) is 0 Å². The van der Waals surface area contributed by atoms with E-state index in [0.29, 0.717) is 5.92 Å². The average molecular weight is 260 g/mol. The monoisotopic (exact) mass is 259 g/mol. The van der Waals surface area contributed by atoms with Crippen LogP contribution < -0.4 is 5.32 Å². The van der Waals surface area contributed by atoms with E-state index in [2.05, 4.69) is 47.8 Å². The van der Waals surface area contributed by atoms with Crippen molar-refractivity contribution in [1.82, 2.24) is 5.32 Å². The first-order chi connectivity index (χ1) is 8.81. The summed E-state index contributed by atoms with van der Waals surface area (Å²) in [6.45, 7) is 0.992. The largest absolute Gasteiger partial charge is 0.320 e. The van der Waals surface area contributed by atoms with Crippen LogP contribution in [0, 0.1) is 0 Å². The number of rotatable bonds is 5. The van der Waals surface area contributed by atoms with E-state index >= 15 is 0 Å². The van der Waals surface area contributed by atoms with Gasteiger partial charge in [0.05, 0.1) is 0 Å². The van der Waals surface area contributed by atoms with E-state index in [1.807, 2.05) is 19.2 Å². The molecule has 0 aromatic heterocycles. The lowest BCUT2D eigenvalue weighted by Gasteiger charge is -2.18. The first-order valence-corrected chi connectivity index (χ1v) is 6.64. The molecule has 1 nitrogen and oxygen atoms in total. The standard InChI is InChI=1S/C16H18ClN/c1-18-11-10-16(13-6-3-2-4-7-13)14-8-5-9-15(17)12-14/h2-9,12,16,18H,10-11H2,1H3. The van der Waals surface area contributed by atoms with Crippen molar-refractivity contribution in [3.8, 4) is 0 Å². The molecule has 0 fully saturated rings. The molecule has 0 bridgehead atoms. The second-order valence-electron chi connectivity index (χ2n) is 4.41. The minimum absolute atomic E-state index is 0.400. The molecule has 2 heteroatoms. The molecule has 0 heterocycles. The lowest BCUT2D eigenvalue weighted by atomic mass is 9.88. The van der Waals surface area contributed by atoms with Crippen molar-refractivity contribution in [2.75, 3.05) is 13.6 Å². The highest BCUT2D eigenvalue weighted by Crippen LogP contribution is 2.29. The van der Waals surface area contributed by atoms with Gasteiger partial charge < -0.3 is 5.32 Å². The first-order valence-electron chi connectivity index (χ1n) is 6.26. The topological polar surface area (TPSA) is 12.0 Å². The minimum atomic E-state index is 0.400. The summed E-state index contributed by atoms with van der Waals surface area (Å²) in [4.78, 5) is 0. The highest BCUT2D eigenvalue weighted by atomic mass is 35.5. The Labute approximate surface area is 114 Å². The summed E-state index contributed by atoms with van der Waals surface area (Å²) < 4.78 is 0. The highest BCUT2D eigenvalue weighted by Gasteiger charge is 2.13. The van der Waals surface area contributed by atoms with E-state index in [0.717, 1.165) is 18.0 Å². The second kappa shape index (κ2) is 6.58. The quantitative estimate of drug-likeness (QED) is 0.853. The van der Waals surface area contributed by atoms with Crippen molar-refractivity contribution < 1.29 is 0 Å². The van der Waals surface area contributed by atoms with Gasteiger partial charge in [0.15, 0.2) is 0 Å². The lowest BCUT2D eigenvalue weighted by molar-refractivity contribution is 0.662. The van der Waals surface area contributed by atoms with Gasteiger partial charge in [0.1, 0.15) is 0 Å². The minimum Gasteiger partial charge on any atom is -0.320 e. The molecule has 2 aromatic carbocycles. The molecule has 0 saturated heterocycles. The normalized spacial score (nSPS) is 12.3. The molecule has 0 radical (unpaired) electrons. The molecule has 2 rings (SSSR count). The Morgan fingerprint density at radius 2 is 1.72 bits per heavy atom. The van der Waals surface area contributed by atoms with Crippen LogP contribution in [0.5, 0.6) is 0 Å². The summed E-state index contributed by atoms with van der Waals surface area (Å²) in [6, 6.07) is 18.8. The van der Waals surface area contributed by atoms with Crippen LogP contribution in [0.3, 0.4) is 0 Å². The van der Waals surface area contributed by atoms with Crippen LogP contribution in [0.1, 0.15) is 23.5 Å². The van der Waals surface area contributed by atoms with Gasteiger partial charge in [0, 0.05) is 10.9 Å². The van der Waals surface area contributed by atoms with E-state index in [1.165, 1.54) is 11.1 Å². The van der Waals surface area contributed by atoms with Gasteiger partial charge in [-0.1, -0.05) is 54.1 Å². The van der Waals surface area contributed by atoms with E-state index in [4.69, 9.17) is 11.6 Å². The predicted molar refractivity (Wildman–Crippen MR) is 78.3 cm³/mol. The van der Waals surface area contributed by atoms with Crippen molar-refractivity contribution >= 4 is 11.6 Å². The maximum absolute atomic E-state index is 6.09. The van der Waals surface area contributed by atoms with Crippen molar-refractivity contribution in [2.24, 2.45) is 0 Å². The summed E-state index contributed by atoms with van der Waals surface area (Å²) in [5.41, 5.74) is 2.62. The van der Waals surface area contributed by atoms with Gasteiger partial charge in [-0.3, -0.25) is 0 Å². The van der Waals surface area contributed by atoms with Gasteiger partial charge in [-0.25, -0.2) is 0 Å². The second-order valence-corrected chi connectivity index (χ2v) is 4.85. The summed E-state index contributed by atoms with van der Waals surface area (Å²) in [5, 5.41) is 4.02. The first kappa shape index (κ1) is 13.1. The number of nitrogens with one attached hydrogen (secondary N) is 1. The molecule has 2 aromatic rings. The Morgan fingerprint density at radius 3 is 2.39 bits per heavy atom. The summed E-state index contributed by atoms with van der Waals surface area (Å²) in [5.74, 6) is 0.400. The van der Waals surface area contributed by atoms with E-state index in [1.54, 1.807) is 0 Å².